The standard InChI is InChI=1S/C27H25ClFN3O4/c28-23-15-20(6-11-24(23)29)31-25(33)17-36-22-9-7-21(8-10-22)32-16-19(14-26(32)34)27(35)30-13-12-18-4-2-1-3-5-18/h1-11,15,19H,12-14,16-17H2,(H,30,35)(H,31,33)/t19-/m1/s1. The lowest BCUT2D eigenvalue weighted by Gasteiger charge is -2.17. The fourth-order valence-corrected chi connectivity index (χ4v) is 4.07. The number of carbonyl (C=O) groups excluding carboxylic acids is 3. The maximum Gasteiger partial charge on any atom is 0.262 e. The van der Waals surface area contributed by atoms with Gasteiger partial charge in [0.05, 0.1) is 10.9 Å². The molecule has 3 amide bonds. The molecule has 0 unspecified atom stereocenters. The van der Waals surface area contributed by atoms with E-state index in [2.05, 4.69) is 10.6 Å². The molecular weight excluding hydrogens is 485 g/mol. The van der Waals surface area contributed by atoms with Crippen LogP contribution in [0.4, 0.5) is 15.8 Å². The van der Waals surface area contributed by atoms with Crippen molar-refractivity contribution in [1.82, 2.24) is 5.32 Å². The Kier molecular flexibility index (Phi) is 8.17. The van der Waals surface area contributed by atoms with Crippen molar-refractivity contribution in [2.75, 3.05) is 29.9 Å². The first-order valence-corrected chi connectivity index (χ1v) is 11.9. The van der Waals surface area contributed by atoms with E-state index in [-0.39, 0.29) is 29.9 Å². The molecule has 0 bridgehead atoms. The van der Waals surface area contributed by atoms with Gasteiger partial charge in [0.15, 0.2) is 6.61 Å². The summed E-state index contributed by atoms with van der Waals surface area (Å²) >= 11 is 5.71. The highest BCUT2D eigenvalue weighted by molar-refractivity contribution is 6.31. The third-order valence-corrected chi connectivity index (χ3v) is 6.06. The van der Waals surface area contributed by atoms with Crippen LogP contribution in [0.25, 0.3) is 0 Å². The average molecular weight is 510 g/mol. The Morgan fingerprint density at radius 1 is 1.06 bits per heavy atom. The summed E-state index contributed by atoms with van der Waals surface area (Å²) in [4.78, 5) is 38.8. The molecule has 1 atom stereocenters. The Morgan fingerprint density at radius 3 is 2.53 bits per heavy atom. The van der Waals surface area contributed by atoms with Crippen molar-refractivity contribution in [3.63, 3.8) is 0 Å². The van der Waals surface area contributed by atoms with Gasteiger partial charge in [-0.25, -0.2) is 4.39 Å². The monoisotopic (exact) mass is 509 g/mol. The molecule has 186 valence electrons. The fourth-order valence-electron chi connectivity index (χ4n) is 3.89. The number of hydrogen-bond acceptors (Lipinski definition) is 4. The van der Waals surface area contributed by atoms with Crippen molar-refractivity contribution in [3.8, 4) is 5.75 Å². The van der Waals surface area contributed by atoms with Crippen LogP contribution in [0.15, 0.2) is 72.8 Å². The largest absolute Gasteiger partial charge is 0.484 e. The highest BCUT2D eigenvalue weighted by Gasteiger charge is 2.34. The Balaban J connectivity index is 1.24. The van der Waals surface area contributed by atoms with Gasteiger partial charge in [-0.05, 0) is 54.4 Å². The van der Waals surface area contributed by atoms with Crippen LogP contribution in [0.2, 0.25) is 5.02 Å². The zero-order valence-corrected chi connectivity index (χ0v) is 20.1. The number of hydrogen-bond donors (Lipinski definition) is 2. The summed E-state index contributed by atoms with van der Waals surface area (Å²) in [5, 5.41) is 5.41. The van der Waals surface area contributed by atoms with Gasteiger partial charge in [0.2, 0.25) is 11.8 Å². The number of amides is 3. The van der Waals surface area contributed by atoms with E-state index in [4.69, 9.17) is 16.3 Å². The molecular formula is C27H25ClFN3O4. The van der Waals surface area contributed by atoms with E-state index in [1.165, 1.54) is 12.1 Å². The summed E-state index contributed by atoms with van der Waals surface area (Å²) in [6, 6.07) is 20.5. The van der Waals surface area contributed by atoms with Crippen LogP contribution in [-0.2, 0) is 20.8 Å². The molecule has 9 heteroatoms. The maximum atomic E-state index is 13.2. The molecule has 36 heavy (non-hydrogen) atoms. The SMILES string of the molecule is O=C(COc1ccc(N2C[C@H](C(=O)NCCc3ccccc3)CC2=O)cc1)Nc1ccc(F)c(Cl)c1. The number of ether oxygens (including phenoxy) is 1. The van der Waals surface area contributed by atoms with Gasteiger partial charge in [0.1, 0.15) is 11.6 Å². The summed E-state index contributed by atoms with van der Waals surface area (Å²) < 4.78 is 18.7. The molecule has 0 radical (unpaired) electrons. The van der Waals surface area contributed by atoms with E-state index in [1.54, 1.807) is 29.2 Å². The van der Waals surface area contributed by atoms with E-state index in [1.807, 2.05) is 30.3 Å². The molecule has 3 aromatic carbocycles. The van der Waals surface area contributed by atoms with Crippen LogP contribution in [0.1, 0.15) is 12.0 Å². The third kappa shape index (κ3) is 6.60. The highest BCUT2D eigenvalue weighted by Crippen LogP contribution is 2.27. The zero-order valence-electron chi connectivity index (χ0n) is 19.4. The highest BCUT2D eigenvalue weighted by atomic mass is 35.5. The van der Waals surface area contributed by atoms with E-state index in [9.17, 15) is 18.8 Å². The predicted octanol–water partition coefficient (Wildman–Crippen LogP) is 4.21. The number of halogens is 2. The van der Waals surface area contributed by atoms with E-state index < -0.39 is 17.6 Å². The summed E-state index contributed by atoms with van der Waals surface area (Å²) in [5.41, 5.74) is 2.15. The molecule has 0 aromatic heterocycles. The quantitative estimate of drug-likeness (QED) is 0.452. The number of nitrogens with one attached hydrogen (secondary N) is 2. The van der Waals surface area contributed by atoms with Gasteiger partial charge in [-0.3, -0.25) is 14.4 Å². The van der Waals surface area contributed by atoms with Gasteiger partial charge in [0.25, 0.3) is 5.91 Å². The molecule has 0 spiro atoms. The third-order valence-electron chi connectivity index (χ3n) is 5.77. The molecule has 1 saturated heterocycles. The molecule has 4 rings (SSSR count). The first-order chi connectivity index (χ1) is 17.4. The lowest BCUT2D eigenvalue weighted by Crippen LogP contribution is -2.34. The van der Waals surface area contributed by atoms with E-state index >= 15 is 0 Å². The van der Waals surface area contributed by atoms with Gasteiger partial charge in [0, 0.05) is 30.9 Å². The van der Waals surface area contributed by atoms with Crippen molar-refractivity contribution in [2.24, 2.45) is 5.92 Å². The van der Waals surface area contributed by atoms with E-state index in [0.717, 1.165) is 18.1 Å². The molecule has 1 fully saturated rings. The van der Waals surface area contributed by atoms with Crippen LogP contribution in [0.5, 0.6) is 5.75 Å². The van der Waals surface area contributed by atoms with Crippen molar-refractivity contribution < 1.29 is 23.5 Å². The second-order valence-corrected chi connectivity index (χ2v) is 8.80. The zero-order chi connectivity index (χ0) is 25.5. The first kappa shape index (κ1) is 25.2. The molecule has 2 N–H and O–H groups in total. The predicted molar refractivity (Wildman–Crippen MR) is 136 cm³/mol. The number of rotatable bonds is 9. The first-order valence-electron chi connectivity index (χ1n) is 11.5. The Hall–Kier alpha value is -3.91. The Morgan fingerprint density at radius 2 is 1.81 bits per heavy atom. The molecule has 1 aliphatic rings. The van der Waals surface area contributed by atoms with Crippen LogP contribution in [0.3, 0.4) is 0 Å². The number of nitrogens with zero attached hydrogens (tertiary/aromatic N) is 1. The lowest BCUT2D eigenvalue weighted by molar-refractivity contribution is -0.126. The molecule has 7 nitrogen and oxygen atoms in total. The smallest absolute Gasteiger partial charge is 0.262 e. The topological polar surface area (TPSA) is 87.7 Å². The van der Waals surface area contributed by atoms with Crippen LogP contribution in [-0.4, -0.2) is 37.4 Å². The normalized spacial score (nSPS) is 15.0. The summed E-state index contributed by atoms with van der Waals surface area (Å²) in [6.07, 6.45) is 0.886. The van der Waals surface area contributed by atoms with Crippen molar-refractivity contribution in [2.45, 2.75) is 12.8 Å². The molecule has 0 saturated carbocycles. The number of benzene rings is 3. The van der Waals surface area contributed by atoms with Crippen molar-refractivity contribution in [1.29, 1.82) is 0 Å². The number of carbonyl (C=O) groups is 3. The van der Waals surface area contributed by atoms with Crippen molar-refractivity contribution in [3.05, 3.63) is 89.2 Å². The van der Waals surface area contributed by atoms with Gasteiger partial charge < -0.3 is 20.3 Å². The summed E-state index contributed by atoms with van der Waals surface area (Å²) in [5.74, 6) is -1.23. The summed E-state index contributed by atoms with van der Waals surface area (Å²) in [7, 11) is 0. The van der Waals surface area contributed by atoms with Gasteiger partial charge >= 0.3 is 0 Å². The average Bonchev–Trinajstić information content (AvgIpc) is 3.27. The molecule has 1 aliphatic heterocycles. The summed E-state index contributed by atoms with van der Waals surface area (Å²) in [6.45, 7) is 0.558. The minimum absolute atomic E-state index is 0.0901. The Labute approximate surface area is 213 Å². The van der Waals surface area contributed by atoms with Crippen LogP contribution >= 0.6 is 11.6 Å². The number of anilines is 2. The van der Waals surface area contributed by atoms with Crippen molar-refractivity contribution >= 4 is 40.7 Å². The van der Waals surface area contributed by atoms with E-state index in [0.29, 0.717) is 30.2 Å². The second kappa shape index (κ2) is 11.7. The second-order valence-electron chi connectivity index (χ2n) is 8.39. The van der Waals surface area contributed by atoms with Gasteiger partial charge in [-0.15, -0.1) is 0 Å². The lowest BCUT2D eigenvalue weighted by atomic mass is 10.1. The molecule has 0 aliphatic carbocycles. The van der Waals surface area contributed by atoms with Crippen LogP contribution in [0, 0.1) is 11.7 Å². The Bertz CT molecular complexity index is 1240. The van der Waals surface area contributed by atoms with Gasteiger partial charge in [-0.2, -0.15) is 0 Å². The van der Waals surface area contributed by atoms with Gasteiger partial charge in [-0.1, -0.05) is 41.9 Å². The van der Waals surface area contributed by atoms with Crippen LogP contribution < -0.4 is 20.3 Å². The molecule has 3 aromatic rings. The minimum atomic E-state index is -0.572. The molecule has 1 heterocycles. The maximum absolute atomic E-state index is 13.2. The minimum Gasteiger partial charge on any atom is -0.484 e. The fraction of sp³-hybridized carbons (Fsp3) is 0.222.